The number of hydrogen-bond acceptors (Lipinski definition) is 3. The van der Waals surface area contributed by atoms with Crippen molar-refractivity contribution in [2.45, 2.75) is 58.4 Å². The Hall–Kier alpha value is -0.330. The number of nitrogens with one attached hydrogen (secondary N) is 1. The van der Waals surface area contributed by atoms with Crippen LogP contribution in [0.15, 0.2) is 0 Å². The number of rotatable bonds is 8. The molecule has 0 aliphatic carbocycles. The van der Waals surface area contributed by atoms with Crippen molar-refractivity contribution >= 4 is 0 Å². The average Bonchev–Trinajstić information content (AvgIpc) is 2.67. The smallest absolute Gasteiger partial charge is 0.378 e. The molecule has 0 spiro atoms. The predicted molar refractivity (Wildman–Crippen MR) is 71.7 cm³/mol. The Morgan fingerprint density at radius 2 is 2.10 bits per heavy atom. The van der Waals surface area contributed by atoms with Crippen LogP contribution in [0, 0.1) is 5.41 Å². The summed E-state index contributed by atoms with van der Waals surface area (Å²) in [7, 11) is 0. The molecule has 0 saturated carbocycles. The summed E-state index contributed by atoms with van der Waals surface area (Å²) in [4.78, 5) is 0. The predicted octanol–water partition coefficient (Wildman–Crippen LogP) is 3.14. The van der Waals surface area contributed by atoms with Gasteiger partial charge in [0.25, 0.3) is 0 Å². The minimum atomic E-state index is -4.24. The zero-order valence-electron chi connectivity index (χ0n) is 12.6. The van der Waals surface area contributed by atoms with Crippen molar-refractivity contribution in [2.75, 3.05) is 26.4 Å². The molecule has 1 N–H and O–H groups in total. The number of hydrogen-bond donors (Lipinski definition) is 1. The van der Waals surface area contributed by atoms with Crippen LogP contribution in [0.4, 0.5) is 13.2 Å². The molecule has 2 atom stereocenters. The van der Waals surface area contributed by atoms with Crippen LogP contribution in [0.2, 0.25) is 0 Å². The van der Waals surface area contributed by atoms with Crippen LogP contribution in [-0.4, -0.2) is 44.7 Å². The van der Waals surface area contributed by atoms with E-state index < -0.39 is 12.8 Å². The summed E-state index contributed by atoms with van der Waals surface area (Å²) >= 11 is 0. The zero-order valence-corrected chi connectivity index (χ0v) is 12.6. The Morgan fingerprint density at radius 1 is 1.40 bits per heavy atom. The molecule has 0 aromatic rings. The highest BCUT2D eigenvalue weighted by molar-refractivity contribution is 4.91. The molecule has 0 aromatic heterocycles. The molecule has 6 heteroatoms. The van der Waals surface area contributed by atoms with Crippen LogP contribution in [-0.2, 0) is 9.47 Å². The quantitative estimate of drug-likeness (QED) is 0.698. The van der Waals surface area contributed by atoms with Gasteiger partial charge in [0.05, 0.1) is 6.10 Å². The molecule has 3 nitrogen and oxygen atoms in total. The molecular formula is C14H26F3NO2. The first kappa shape index (κ1) is 17.7. The van der Waals surface area contributed by atoms with Gasteiger partial charge in [-0.15, -0.1) is 0 Å². The Balaban J connectivity index is 2.34. The van der Waals surface area contributed by atoms with Crippen molar-refractivity contribution in [2.24, 2.45) is 5.41 Å². The maximum atomic E-state index is 12.0. The van der Waals surface area contributed by atoms with E-state index in [2.05, 4.69) is 23.9 Å². The molecule has 0 radical (unpaired) electrons. The third-order valence-corrected chi connectivity index (χ3v) is 3.92. The number of ether oxygens (including phenoxy) is 2. The Bertz CT molecular complexity index is 284. The van der Waals surface area contributed by atoms with Gasteiger partial charge in [0.2, 0.25) is 0 Å². The summed E-state index contributed by atoms with van der Waals surface area (Å²) < 4.78 is 46.3. The highest BCUT2D eigenvalue weighted by atomic mass is 19.4. The minimum Gasteiger partial charge on any atom is -0.378 e. The van der Waals surface area contributed by atoms with E-state index in [-0.39, 0.29) is 18.1 Å². The molecule has 0 amide bonds. The van der Waals surface area contributed by atoms with E-state index in [1.165, 1.54) is 0 Å². The molecule has 1 saturated heterocycles. The fourth-order valence-electron chi connectivity index (χ4n) is 2.59. The van der Waals surface area contributed by atoms with E-state index in [0.29, 0.717) is 12.5 Å². The summed E-state index contributed by atoms with van der Waals surface area (Å²) in [5, 5.41) is 3.42. The van der Waals surface area contributed by atoms with E-state index in [1.807, 2.05) is 6.92 Å². The van der Waals surface area contributed by atoms with Gasteiger partial charge in [0, 0.05) is 31.2 Å². The van der Waals surface area contributed by atoms with Gasteiger partial charge in [0.15, 0.2) is 0 Å². The molecule has 120 valence electrons. The number of halogens is 3. The molecule has 1 aliphatic rings. The van der Waals surface area contributed by atoms with E-state index in [4.69, 9.17) is 4.74 Å². The van der Waals surface area contributed by atoms with Crippen LogP contribution in [0.25, 0.3) is 0 Å². The van der Waals surface area contributed by atoms with E-state index in [0.717, 1.165) is 26.0 Å². The van der Waals surface area contributed by atoms with Crippen LogP contribution in [0.1, 0.15) is 40.0 Å². The fraction of sp³-hybridized carbons (Fsp3) is 1.00. The molecule has 1 aliphatic heterocycles. The van der Waals surface area contributed by atoms with Crippen LogP contribution < -0.4 is 5.32 Å². The molecular weight excluding hydrogens is 271 g/mol. The Morgan fingerprint density at radius 3 is 2.60 bits per heavy atom. The second kappa shape index (κ2) is 7.61. The normalized spacial score (nSPS) is 27.4. The summed E-state index contributed by atoms with van der Waals surface area (Å²) in [6.45, 7) is 6.77. The SMILES string of the molecule is CC(C)NCC1(CCCOCC(F)(F)F)CCOC1C. The van der Waals surface area contributed by atoms with E-state index in [9.17, 15) is 13.2 Å². The third-order valence-electron chi connectivity index (χ3n) is 3.92. The van der Waals surface area contributed by atoms with E-state index in [1.54, 1.807) is 0 Å². The lowest BCUT2D eigenvalue weighted by molar-refractivity contribution is -0.174. The highest BCUT2D eigenvalue weighted by Gasteiger charge is 2.40. The van der Waals surface area contributed by atoms with Crippen molar-refractivity contribution in [3.8, 4) is 0 Å². The summed E-state index contributed by atoms with van der Waals surface area (Å²) in [6.07, 6.45) is -1.69. The van der Waals surface area contributed by atoms with Gasteiger partial charge in [-0.1, -0.05) is 13.8 Å². The Kier molecular flexibility index (Phi) is 6.75. The summed E-state index contributed by atoms with van der Waals surface area (Å²) in [5.74, 6) is 0. The lowest BCUT2D eigenvalue weighted by Gasteiger charge is -2.33. The van der Waals surface area contributed by atoms with E-state index >= 15 is 0 Å². The monoisotopic (exact) mass is 297 g/mol. The Labute approximate surface area is 119 Å². The van der Waals surface area contributed by atoms with Crippen LogP contribution in [0.5, 0.6) is 0 Å². The summed E-state index contributed by atoms with van der Waals surface area (Å²) in [5.41, 5.74) is 0.0197. The first-order valence-electron chi connectivity index (χ1n) is 7.25. The van der Waals surface area contributed by atoms with Crippen LogP contribution >= 0.6 is 0 Å². The van der Waals surface area contributed by atoms with Gasteiger partial charge in [-0.25, -0.2) is 0 Å². The highest BCUT2D eigenvalue weighted by Crippen LogP contribution is 2.38. The van der Waals surface area contributed by atoms with Crippen molar-refractivity contribution in [1.29, 1.82) is 0 Å². The molecule has 1 heterocycles. The first-order chi connectivity index (χ1) is 9.25. The lowest BCUT2D eigenvalue weighted by atomic mass is 9.77. The third kappa shape index (κ3) is 5.97. The molecule has 20 heavy (non-hydrogen) atoms. The molecule has 0 bridgehead atoms. The molecule has 2 unspecified atom stereocenters. The second-order valence-electron chi connectivity index (χ2n) is 5.93. The van der Waals surface area contributed by atoms with Gasteiger partial charge in [-0.3, -0.25) is 0 Å². The van der Waals surface area contributed by atoms with Gasteiger partial charge < -0.3 is 14.8 Å². The van der Waals surface area contributed by atoms with Crippen molar-refractivity contribution in [3.05, 3.63) is 0 Å². The van der Waals surface area contributed by atoms with Crippen molar-refractivity contribution < 1.29 is 22.6 Å². The maximum Gasteiger partial charge on any atom is 0.411 e. The zero-order chi connectivity index (χ0) is 15.2. The summed E-state index contributed by atoms with van der Waals surface area (Å²) in [6, 6.07) is 0.390. The van der Waals surface area contributed by atoms with Gasteiger partial charge in [-0.05, 0) is 26.2 Å². The van der Waals surface area contributed by atoms with Crippen molar-refractivity contribution in [1.82, 2.24) is 5.32 Å². The van der Waals surface area contributed by atoms with Crippen LogP contribution in [0.3, 0.4) is 0 Å². The topological polar surface area (TPSA) is 30.5 Å². The average molecular weight is 297 g/mol. The molecule has 1 fully saturated rings. The molecule has 0 aromatic carbocycles. The number of alkyl halides is 3. The first-order valence-corrected chi connectivity index (χ1v) is 7.25. The van der Waals surface area contributed by atoms with Gasteiger partial charge in [0.1, 0.15) is 6.61 Å². The molecule has 1 rings (SSSR count). The standard InChI is InChI=1S/C14H26F3NO2/c1-11(2)18-9-13(6-8-20-12(13)3)5-4-7-19-10-14(15,16)17/h11-12,18H,4-10H2,1-3H3. The van der Waals surface area contributed by atoms with Gasteiger partial charge in [-0.2, -0.15) is 13.2 Å². The van der Waals surface area contributed by atoms with Crippen molar-refractivity contribution in [3.63, 3.8) is 0 Å². The maximum absolute atomic E-state index is 12.0. The minimum absolute atomic E-state index is 0.0197. The second-order valence-corrected chi connectivity index (χ2v) is 5.93. The fourth-order valence-corrected chi connectivity index (χ4v) is 2.59. The largest absolute Gasteiger partial charge is 0.411 e. The lowest BCUT2D eigenvalue weighted by Crippen LogP contribution is -2.42. The van der Waals surface area contributed by atoms with Gasteiger partial charge >= 0.3 is 6.18 Å².